The molecule has 0 aromatic carbocycles. The zero-order chi connectivity index (χ0) is 18.4. The Kier molecular flexibility index (Phi) is 7.05. The van der Waals surface area contributed by atoms with Crippen LogP contribution in [0.15, 0.2) is 0 Å². The highest BCUT2D eigenvalue weighted by molar-refractivity contribution is 6.00. The molecule has 0 aliphatic carbocycles. The van der Waals surface area contributed by atoms with Gasteiger partial charge in [-0.1, -0.05) is 13.8 Å². The number of amides is 1. The number of carbonyl (C=O) groups is 2. The average Bonchev–Trinajstić information content (AvgIpc) is 2.96. The standard InChI is InChI=1S/C19H31N3O3/c1-5-15-16(19(24)25-4)14(3)17(21-15)18(23)20-9-6-10-22-11-7-13(2)8-12-22/h13,21H,5-12H2,1-4H3,(H,20,23). The van der Waals surface area contributed by atoms with Gasteiger partial charge in [0.1, 0.15) is 5.69 Å². The Morgan fingerprint density at radius 1 is 1.32 bits per heavy atom. The molecule has 2 heterocycles. The molecule has 2 N–H and O–H groups in total. The summed E-state index contributed by atoms with van der Waals surface area (Å²) in [6.45, 7) is 10.0. The number of likely N-dealkylation sites (tertiary alicyclic amines) is 1. The van der Waals surface area contributed by atoms with E-state index in [9.17, 15) is 9.59 Å². The fourth-order valence-electron chi connectivity index (χ4n) is 3.41. The van der Waals surface area contributed by atoms with Gasteiger partial charge in [0.2, 0.25) is 0 Å². The van der Waals surface area contributed by atoms with E-state index >= 15 is 0 Å². The first-order chi connectivity index (χ1) is 12.0. The van der Waals surface area contributed by atoms with E-state index in [2.05, 4.69) is 22.1 Å². The van der Waals surface area contributed by atoms with Crippen LogP contribution in [0.2, 0.25) is 0 Å². The predicted molar refractivity (Wildman–Crippen MR) is 98.0 cm³/mol. The van der Waals surface area contributed by atoms with Gasteiger partial charge in [-0.25, -0.2) is 4.79 Å². The molecule has 1 fully saturated rings. The molecule has 0 radical (unpaired) electrons. The first kappa shape index (κ1) is 19.5. The van der Waals surface area contributed by atoms with Crippen LogP contribution in [-0.4, -0.2) is 55.0 Å². The summed E-state index contributed by atoms with van der Waals surface area (Å²) < 4.78 is 4.83. The van der Waals surface area contributed by atoms with Crippen molar-refractivity contribution < 1.29 is 14.3 Å². The zero-order valence-corrected chi connectivity index (χ0v) is 15.9. The number of hydrogen-bond acceptors (Lipinski definition) is 4. The lowest BCUT2D eigenvalue weighted by Gasteiger charge is -2.30. The average molecular weight is 349 g/mol. The molecular weight excluding hydrogens is 318 g/mol. The number of carbonyl (C=O) groups excluding carboxylic acids is 2. The molecule has 0 spiro atoms. The fourth-order valence-corrected chi connectivity index (χ4v) is 3.41. The van der Waals surface area contributed by atoms with Crippen LogP contribution in [0.1, 0.15) is 65.2 Å². The van der Waals surface area contributed by atoms with Crippen LogP contribution in [0.3, 0.4) is 0 Å². The fraction of sp³-hybridized carbons (Fsp3) is 0.684. The van der Waals surface area contributed by atoms with Gasteiger partial charge in [-0.15, -0.1) is 0 Å². The Hall–Kier alpha value is -1.82. The second-order valence-corrected chi connectivity index (χ2v) is 6.96. The van der Waals surface area contributed by atoms with Crippen LogP contribution in [-0.2, 0) is 11.2 Å². The highest BCUT2D eigenvalue weighted by Gasteiger charge is 2.23. The molecule has 140 valence electrons. The SMILES string of the molecule is CCc1[nH]c(C(=O)NCCCN2CCC(C)CC2)c(C)c1C(=O)OC. The Morgan fingerprint density at radius 2 is 2.00 bits per heavy atom. The summed E-state index contributed by atoms with van der Waals surface area (Å²) in [4.78, 5) is 29.9. The van der Waals surface area contributed by atoms with Crippen molar-refractivity contribution in [2.45, 2.75) is 46.5 Å². The van der Waals surface area contributed by atoms with Crippen molar-refractivity contribution in [3.63, 3.8) is 0 Å². The Balaban J connectivity index is 1.86. The number of piperidine rings is 1. The number of methoxy groups -OCH3 is 1. The summed E-state index contributed by atoms with van der Waals surface area (Å²) in [5.41, 5.74) is 2.35. The van der Waals surface area contributed by atoms with Crippen molar-refractivity contribution >= 4 is 11.9 Å². The maximum atomic E-state index is 12.4. The molecule has 2 rings (SSSR count). The van der Waals surface area contributed by atoms with Crippen molar-refractivity contribution in [3.05, 3.63) is 22.5 Å². The summed E-state index contributed by atoms with van der Waals surface area (Å²) in [7, 11) is 1.36. The van der Waals surface area contributed by atoms with Gasteiger partial charge in [0.05, 0.1) is 12.7 Å². The lowest BCUT2D eigenvalue weighted by molar-refractivity contribution is 0.0599. The van der Waals surface area contributed by atoms with Gasteiger partial charge in [-0.2, -0.15) is 0 Å². The van der Waals surface area contributed by atoms with Gasteiger partial charge < -0.3 is 19.9 Å². The quantitative estimate of drug-likeness (QED) is 0.586. The van der Waals surface area contributed by atoms with Crippen LogP contribution < -0.4 is 5.32 Å². The number of ether oxygens (including phenoxy) is 1. The van der Waals surface area contributed by atoms with Crippen molar-refractivity contribution in [2.24, 2.45) is 5.92 Å². The lowest BCUT2D eigenvalue weighted by atomic mass is 9.99. The van der Waals surface area contributed by atoms with E-state index in [-0.39, 0.29) is 5.91 Å². The zero-order valence-electron chi connectivity index (χ0n) is 15.9. The van der Waals surface area contributed by atoms with Crippen LogP contribution in [0.5, 0.6) is 0 Å². The monoisotopic (exact) mass is 349 g/mol. The van der Waals surface area contributed by atoms with Crippen molar-refractivity contribution in [3.8, 4) is 0 Å². The number of aromatic amines is 1. The smallest absolute Gasteiger partial charge is 0.339 e. The van der Waals surface area contributed by atoms with Crippen LogP contribution in [0.4, 0.5) is 0 Å². The molecule has 1 aromatic rings. The molecule has 6 nitrogen and oxygen atoms in total. The molecule has 0 saturated carbocycles. The molecule has 25 heavy (non-hydrogen) atoms. The molecule has 6 heteroatoms. The van der Waals surface area contributed by atoms with Gasteiger partial charge in [0, 0.05) is 12.2 Å². The molecule has 1 aliphatic rings. The minimum atomic E-state index is -0.399. The second-order valence-electron chi connectivity index (χ2n) is 6.96. The topological polar surface area (TPSA) is 74.4 Å². The molecule has 1 amide bonds. The highest BCUT2D eigenvalue weighted by atomic mass is 16.5. The van der Waals surface area contributed by atoms with E-state index in [0.717, 1.165) is 37.7 Å². The van der Waals surface area contributed by atoms with E-state index in [4.69, 9.17) is 4.74 Å². The first-order valence-corrected chi connectivity index (χ1v) is 9.28. The second kappa shape index (κ2) is 9.04. The molecule has 0 atom stereocenters. The number of aromatic nitrogens is 1. The van der Waals surface area contributed by atoms with E-state index < -0.39 is 5.97 Å². The summed E-state index contributed by atoms with van der Waals surface area (Å²) in [6, 6.07) is 0. The lowest BCUT2D eigenvalue weighted by Crippen LogP contribution is -2.35. The maximum absolute atomic E-state index is 12.4. The largest absolute Gasteiger partial charge is 0.465 e. The number of hydrogen-bond donors (Lipinski definition) is 2. The molecule has 0 bridgehead atoms. The molecule has 1 saturated heterocycles. The molecule has 1 aromatic heterocycles. The minimum absolute atomic E-state index is 0.158. The minimum Gasteiger partial charge on any atom is -0.465 e. The van der Waals surface area contributed by atoms with Crippen LogP contribution >= 0.6 is 0 Å². The number of nitrogens with zero attached hydrogens (tertiary/aromatic N) is 1. The number of nitrogens with one attached hydrogen (secondary N) is 2. The molecular formula is C19H31N3O3. The molecule has 0 unspecified atom stereocenters. The van der Waals surface area contributed by atoms with Crippen molar-refractivity contribution in [2.75, 3.05) is 33.3 Å². The van der Waals surface area contributed by atoms with Gasteiger partial charge in [-0.3, -0.25) is 4.79 Å². The van der Waals surface area contributed by atoms with Crippen molar-refractivity contribution in [1.29, 1.82) is 0 Å². The van der Waals surface area contributed by atoms with Gasteiger partial charge >= 0.3 is 5.97 Å². The van der Waals surface area contributed by atoms with Gasteiger partial charge in [0.15, 0.2) is 0 Å². The van der Waals surface area contributed by atoms with E-state index in [1.807, 2.05) is 6.92 Å². The summed E-state index contributed by atoms with van der Waals surface area (Å²) in [5.74, 6) is 0.280. The van der Waals surface area contributed by atoms with E-state index in [0.29, 0.717) is 29.8 Å². The Morgan fingerprint density at radius 3 is 2.60 bits per heavy atom. The maximum Gasteiger partial charge on any atom is 0.339 e. The van der Waals surface area contributed by atoms with Crippen molar-refractivity contribution in [1.82, 2.24) is 15.2 Å². The van der Waals surface area contributed by atoms with Crippen LogP contribution in [0, 0.1) is 12.8 Å². The van der Waals surface area contributed by atoms with Gasteiger partial charge in [0.25, 0.3) is 5.91 Å². The number of H-pyrrole nitrogens is 1. The number of aryl methyl sites for hydroxylation is 1. The third-order valence-electron chi connectivity index (χ3n) is 5.11. The molecule has 1 aliphatic heterocycles. The Labute approximate surface area is 150 Å². The van der Waals surface area contributed by atoms with Gasteiger partial charge in [-0.05, 0) is 63.7 Å². The Bertz CT molecular complexity index is 601. The normalized spacial score (nSPS) is 16.0. The predicted octanol–water partition coefficient (Wildman–Crippen LogP) is 2.52. The van der Waals surface area contributed by atoms with E-state index in [1.165, 1.54) is 20.0 Å². The van der Waals surface area contributed by atoms with Crippen LogP contribution in [0.25, 0.3) is 0 Å². The third-order valence-corrected chi connectivity index (χ3v) is 5.11. The highest BCUT2D eigenvalue weighted by Crippen LogP contribution is 2.20. The number of rotatable bonds is 7. The van der Waals surface area contributed by atoms with E-state index in [1.54, 1.807) is 6.92 Å². The first-order valence-electron chi connectivity index (χ1n) is 9.28. The summed E-state index contributed by atoms with van der Waals surface area (Å²) in [5, 5.41) is 2.96. The number of esters is 1. The summed E-state index contributed by atoms with van der Waals surface area (Å²) in [6.07, 6.45) is 4.12. The third kappa shape index (κ3) is 4.84. The summed E-state index contributed by atoms with van der Waals surface area (Å²) >= 11 is 0.